The average Bonchev–Trinajstić information content (AvgIpc) is 2.34. The van der Waals surface area contributed by atoms with Gasteiger partial charge < -0.3 is 11.1 Å². The number of nitrogens with one attached hydrogen (secondary N) is 1. The zero-order valence-electron chi connectivity index (χ0n) is 10.9. The summed E-state index contributed by atoms with van der Waals surface area (Å²) in [5, 5.41) is 3.00. The Bertz CT molecular complexity index is 394. The summed E-state index contributed by atoms with van der Waals surface area (Å²) in [4.78, 5) is 0. The molecule has 0 saturated heterocycles. The Morgan fingerprint density at radius 3 is 2.58 bits per heavy atom. The van der Waals surface area contributed by atoms with Crippen LogP contribution in [0.3, 0.4) is 0 Å². The van der Waals surface area contributed by atoms with Crippen molar-refractivity contribution in [1.29, 1.82) is 0 Å². The lowest BCUT2D eigenvalue weighted by Crippen LogP contribution is -2.10. The van der Waals surface area contributed by atoms with Gasteiger partial charge in [0.15, 0.2) is 0 Å². The maximum Gasteiger partial charge on any atom is 0.418 e. The molecule has 0 radical (unpaired) electrons. The normalized spacial score (nSPS) is 11.6. The van der Waals surface area contributed by atoms with Gasteiger partial charge in [-0.05, 0) is 43.0 Å². The highest BCUT2D eigenvalue weighted by Crippen LogP contribution is 2.35. The fourth-order valence-corrected chi connectivity index (χ4v) is 2.19. The number of rotatable bonds is 7. The molecule has 19 heavy (non-hydrogen) atoms. The summed E-state index contributed by atoms with van der Waals surface area (Å²) < 4.78 is 37.9. The summed E-state index contributed by atoms with van der Waals surface area (Å²) in [6, 6.07) is 3.93. The minimum atomic E-state index is -4.40. The van der Waals surface area contributed by atoms with E-state index < -0.39 is 11.7 Å². The lowest BCUT2D eigenvalue weighted by molar-refractivity contribution is -0.136. The first kappa shape index (κ1) is 16.0. The Morgan fingerprint density at radius 2 is 1.95 bits per heavy atom. The van der Waals surface area contributed by atoms with Crippen molar-refractivity contribution in [2.24, 2.45) is 0 Å². The lowest BCUT2D eigenvalue weighted by Gasteiger charge is -2.13. The van der Waals surface area contributed by atoms with E-state index in [0.29, 0.717) is 12.2 Å². The van der Waals surface area contributed by atoms with Crippen LogP contribution in [0.5, 0.6) is 0 Å². The number of hydrogen-bond donors (Lipinski definition) is 2. The molecule has 0 saturated carbocycles. The second-order valence-corrected chi connectivity index (χ2v) is 5.27. The Balaban J connectivity index is 2.47. The van der Waals surface area contributed by atoms with Gasteiger partial charge in [-0.1, -0.05) is 6.42 Å². The van der Waals surface area contributed by atoms with Crippen LogP contribution >= 0.6 is 11.8 Å². The van der Waals surface area contributed by atoms with Gasteiger partial charge in [-0.2, -0.15) is 24.9 Å². The molecule has 0 bridgehead atoms. The number of benzene rings is 1. The van der Waals surface area contributed by atoms with E-state index in [1.165, 1.54) is 6.07 Å². The van der Waals surface area contributed by atoms with Gasteiger partial charge >= 0.3 is 6.18 Å². The summed E-state index contributed by atoms with van der Waals surface area (Å²) >= 11 is 1.80. The largest absolute Gasteiger partial charge is 0.418 e. The third-order valence-corrected chi connectivity index (χ3v) is 3.41. The third kappa shape index (κ3) is 5.63. The van der Waals surface area contributed by atoms with Crippen LogP contribution in [-0.2, 0) is 6.18 Å². The highest BCUT2D eigenvalue weighted by atomic mass is 32.2. The number of nitrogens with two attached hydrogens (primary N) is 1. The molecular weight excluding hydrogens is 273 g/mol. The van der Waals surface area contributed by atoms with Crippen molar-refractivity contribution >= 4 is 23.1 Å². The predicted octanol–water partition coefficient (Wildman–Crippen LogP) is 4.23. The van der Waals surface area contributed by atoms with Gasteiger partial charge in [0.25, 0.3) is 0 Å². The first-order chi connectivity index (χ1) is 8.95. The fraction of sp³-hybridized carbons (Fsp3) is 0.538. The molecule has 1 aromatic carbocycles. The van der Waals surface area contributed by atoms with Crippen molar-refractivity contribution in [2.75, 3.05) is 29.6 Å². The van der Waals surface area contributed by atoms with E-state index >= 15 is 0 Å². The van der Waals surface area contributed by atoms with E-state index in [1.54, 1.807) is 17.8 Å². The molecule has 0 spiro atoms. The van der Waals surface area contributed by atoms with Crippen LogP contribution in [0.15, 0.2) is 18.2 Å². The quantitative estimate of drug-likeness (QED) is 0.583. The zero-order chi connectivity index (χ0) is 14.3. The van der Waals surface area contributed by atoms with Gasteiger partial charge in [0.2, 0.25) is 0 Å². The molecule has 0 aromatic heterocycles. The van der Waals surface area contributed by atoms with Crippen molar-refractivity contribution < 1.29 is 13.2 Å². The van der Waals surface area contributed by atoms with Crippen LogP contribution in [0, 0.1) is 0 Å². The first-order valence-electron chi connectivity index (χ1n) is 6.14. The SMILES string of the molecule is CSCCCCCNc1ccc(N)c(C(F)(F)F)c1. The average molecular weight is 292 g/mol. The van der Waals surface area contributed by atoms with E-state index in [9.17, 15) is 13.2 Å². The summed E-state index contributed by atoms with van der Waals surface area (Å²) in [7, 11) is 0. The van der Waals surface area contributed by atoms with E-state index in [-0.39, 0.29) is 5.69 Å². The molecule has 0 unspecified atom stereocenters. The second kappa shape index (κ2) is 7.53. The van der Waals surface area contributed by atoms with Gasteiger partial charge in [-0.15, -0.1) is 0 Å². The van der Waals surface area contributed by atoms with Crippen molar-refractivity contribution in [2.45, 2.75) is 25.4 Å². The molecule has 0 aliphatic heterocycles. The number of alkyl halides is 3. The molecular formula is C13H19F3N2S. The molecule has 2 nitrogen and oxygen atoms in total. The van der Waals surface area contributed by atoms with Crippen LogP contribution in [-0.4, -0.2) is 18.6 Å². The zero-order valence-corrected chi connectivity index (χ0v) is 11.7. The molecule has 0 fully saturated rings. The van der Waals surface area contributed by atoms with Crippen molar-refractivity contribution in [1.82, 2.24) is 0 Å². The topological polar surface area (TPSA) is 38.0 Å². The van der Waals surface area contributed by atoms with Crippen LogP contribution < -0.4 is 11.1 Å². The van der Waals surface area contributed by atoms with E-state index in [4.69, 9.17) is 5.73 Å². The fourth-order valence-electron chi connectivity index (χ4n) is 1.69. The van der Waals surface area contributed by atoms with Crippen LogP contribution in [0.1, 0.15) is 24.8 Å². The van der Waals surface area contributed by atoms with Gasteiger partial charge in [-0.3, -0.25) is 0 Å². The Kier molecular flexibility index (Phi) is 6.34. The smallest absolute Gasteiger partial charge is 0.398 e. The molecule has 0 heterocycles. The van der Waals surface area contributed by atoms with Gasteiger partial charge in [-0.25, -0.2) is 0 Å². The summed E-state index contributed by atoms with van der Waals surface area (Å²) in [6.07, 6.45) is 0.824. The van der Waals surface area contributed by atoms with Crippen molar-refractivity contribution in [3.8, 4) is 0 Å². The Labute approximate surface area is 115 Å². The van der Waals surface area contributed by atoms with Crippen LogP contribution in [0.4, 0.5) is 24.5 Å². The monoisotopic (exact) mass is 292 g/mol. The molecule has 0 aliphatic carbocycles. The number of thioether (sulfide) groups is 1. The number of nitrogen functional groups attached to an aromatic ring is 1. The molecule has 0 amide bonds. The van der Waals surface area contributed by atoms with Crippen molar-refractivity contribution in [3.05, 3.63) is 23.8 Å². The molecule has 0 atom stereocenters. The molecule has 108 valence electrons. The molecule has 6 heteroatoms. The first-order valence-corrected chi connectivity index (χ1v) is 7.54. The van der Waals surface area contributed by atoms with E-state index in [0.717, 1.165) is 31.1 Å². The maximum atomic E-state index is 12.6. The van der Waals surface area contributed by atoms with Crippen LogP contribution in [0.25, 0.3) is 0 Å². The minimum Gasteiger partial charge on any atom is -0.398 e. The Morgan fingerprint density at radius 1 is 1.21 bits per heavy atom. The number of halogens is 3. The number of hydrogen-bond acceptors (Lipinski definition) is 3. The summed E-state index contributed by atoms with van der Waals surface area (Å²) in [6.45, 7) is 0.676. The van der Waals surface area contributed by atoms with Gasteiger partial charge in [0.05, 0.1) is 5.56 Å². The molecule has 3 N–H and O–H groups in total. The molecule has 0 aliphatic rings. The van der Waals surface area contributed by atoms with Gasteiger partial charge in [0.1, 0.15) is 0 Å². The van der Waals surface area contributed by atoms with Crippen LogP contribution in [0.2, 0.25) is 0 Å². The standard InChI is InChI=1S/C13H19F3N2S/c1-19-8-4-2-3-7-18-10-5-6-12(17)11(9-10)13(14,15)16/h5-6,9,18H,2-4,7-8,17H2,1H3. The van der Waals surface area contributed by atoms with E-state index in [2.05, 4.69) is 11.6 Å². The van der Waals surface area contributed by atoms with Gasteiger partial charge in [0, 0.05) is 17.9 Å². The Hall–Kier alpha value is -1.04. The van der Waals surface area contributed by atoms with E-state index in [1.807, 2.05) is 0 Å². The maximum absolute atomic E-state index is 12.6. The summed E-state index contributed by atoms with van der Waals surface area (Å²) in [5.41, 5.74) is 4.78. The lowest BCUT2D eigenvalue weighted by atomic mass is 10.1. The highest BCUT2D eigenvalue weighted by Gasteiger charge is 2.33. The molecule has 1 aromatic rings. The van der Waals surface area contributed by atoms with Crippen molar-refractivity contribution in [3.63, 3.8) is 0 Å². The minimum absolute atomic E-state index is 0.238. The second-order valence-electron chi connectivity index (χ2n) is 4.28. The highest BCUT2D eigenvalue weighted by molar-refractivity contribution is 7.98. The molecule has 1 rings (SSSR count). The predicted molar refractivity (Wildman–Crippen MR) is 76.6 cm³/mol. The number of anilines is 2. The number of unbranched alkanes of at least 4 members (excludes halogenated alkanes) is 2. The third-order valence-electron chi connectivity index (χ3n) is 2.71. The summed E-state index contributed by atoms with van der Waals surface area (Å²) in [5.74, 6) is 1.13.